The first-order valence-corrected chi connectivity index (χ1v) is 8.21. The van der Waals surface area contributed by atoms with E-state index in [0.717, 1.165) is 0 Å². The molecule has 27 heavy (non-hydrogen) atoms. The molecule has 1 aliphatic carbocycles. The highest BCUT2D eigenvalue weighted by Crippen LogP contribution is 2.44. The summed E-state index contributed by atoms with van der Waals surface area (Å²) in [5.41, 5.74) is 0.500. The van der Waals surface area contributed by atoms with Crippen LogP contribution in [0.4, 0.5) is 4.39 Å². The first kappa shape index (κ1) is 18.7. The van der Waals surface area contributed by atoms with Gasteiger partial charge in [0.2, 0.25) is 0 Å². The van der Waals surface area contributed by atoms with Crippen LogP contribution in [0.5, 0.6) is 11.5 Å². The average molecular weight is 374 g/mol. The normalized spacial score (nSPS) is 14.4. The topological polar surface area (TPSA) is 82.1 Å². The van der Waals surface area contributed by atoms with E-state index in [2.05, 4.69) is 0 Å². The van der Waals surface area contributed by atoms with E-state index in [0.29, 0.717) is 28.0 Å². The average Bonchev–Trinajstić information content (AvgIpc) is 2.81. The number of hydrogen-bond acceptors (Lipinski definition) is 6. The Hall–Kier alpha value is -3.09. The highest BCUT2D eigenvalue weighted by Gasteiger charge is 2.50. The van der Waals surface area contributed by atoms with Crippen LogP contribution in [0.1, 0.15) is 11.1 Å². The molecule has 0 bridgehead atoms. The van der Waals surface area contributed by atoms with Gasteiger partial charge in [0.25, 0.3) is 0 Å². The Balaban J connectivity index is 2.34. The van der Waals surface area contributed by atoms with Crippen molar-refractivity contribution in [3.05, 3.63) is 47.3 Å². The molecule has 0 aliphatic heterocycles. The van der Waals surface area contributed by atoms with E-state index in [1.807, 2.05) is 0 Å². The maximum atomic E-state index is 14.1. The van der Waals surface area contributed by atoms with Gasteiger partial charge in [-0.05, 0) is 46.5 Å². The van der Waals surface area contributed by atoms with Gasteiger partial charge in [0.15, 0.2) is 17.0 Å². The van der Waals surface area contributed by atoms with E-state index in [4.69, 9.17) is 14.2 Å². The fourth-order valence-corrected chi connectivity index (χ4v) is 3.58. The number of fused-ring (bicyclic) bond motifs is 3. The summed E-state index contributed by atoms with van der Waals surface area (Å²) in [6.07, 6.45) is -0.123. The molecule has 0 amide bonds. The first-order chi connectivity index (χ1) is 12.9. The van der Waals surface area contributed by atoms with Gasteiger partial charge in [-0.15, -0.1) is 0 Å². The summed E-state index contributed by atoms with van der Waals surface area (Å²) in [6, 6.07) is 7.55. The van der Waals surface area contributed by atoms with Crippen LogP contribution in [0.15, 0.2) is 30.3 Å². The molecule has 7 heteroatoms. The summed E-state index contributed by atoms with van der Waals surface area (Å²) in [4.78, 5) is 25.4. The Kier molecular flexibility index (Phi) is 4.78. The summed E-state index contributed by atoms with van der Waals surface area (Å²) < 4.78 is 29.1. The summed E-state index contributed by atoms with van der Waals surface area (Å²) in [5, 5.41) is 9.83. The quantitative estimate of drug-likeness (QED) is 0.657. The Morgan fingerprint density at radius 2 is 1.56 bits per heavy atom. The lowest BCUT2D eigenvalue weighted by Gasteiger charge is -2.27. The number of ether oxygens (including phenoxy) is 3. The van der Waals surface area contributed by atoms with Gasteiger partial charge in [-0.3, -0.25) is 9.59 Å². The van der Waals surface area contributed by atoms with Crippen molar-refractivity contribution in [1.82, 2.24) is 0 Å². The van der Waals surface area contributed by atoms with Gasteiger partial charge in [-0.2, -0.15) is 0 Å². The third-order valence-corrected chi connectivity index (χ3v) is 4.91. The van der Waals surface area contributed by atoms with Crippen LogP contribution < -0.4 is 4.74 Å². The molecule has 2 aromatic carbocycles. The minimum atomic E-state index is -1.67. The predicted molar refractivity (Wildman–Crippen MR) is 93.9 cm³/mol. The van der Waals surface area contributed by atoms with Crippen LogP contribution in [0.25, 0.3) is 11.1 Å². The van der Waals surface area contributed by atoms with Crippen molar-refractivity contribution in [3.63, 3.8) is 0 Å². The molecule has 1 N–H and O–H groups in total. The molecule has 0 heterocycles. The molecule has 0 unspecified atom stereocenters. The third-order valence-electron chi connectivity index (χ3n) is 4.91. The molecule has 0 atom stereocenters. The molecule has 2 aromatic rings. The standard InChI is InChI=1S/C20H19FO6/c1-25-13-4-5-14-11(6-13)9-20(18(23)26-2,19(24)27-3)10-12-7-17(22)16(21)8-15(12)14/h4-8,22H,9-10H2,1-3H3. The molecular formula is C20H19FO6. The van der Waals surface area contributed by atoms with Crippen molar-refractivity contribution < 1.29 is 33.3 Å². The second kappa shape index (κ2) is 6.90. The number of carbonyl (C=O) groups excluding carboxylic acids is 2. The van der Waals surface area contributed by atoms with Gasteiger partial charge in [-0.1, -0.05) is 6.07 Å². The predicted octanol–water partition coefficient (Wildman–Crippen LogP) is 2.64. The molecule has 3 rings (SSSR count). The van der Waals surface area contributed by atoms with Crippen LogP contribution in [0.3, 0.4) is 0 Å². The van der Waals surface area contributed by atoms with E-state index in [1.54, 1.807) is 18.2 Å². The molecule has 0 spiro atoms. The molecule has 142 valence electrons. The summed E-state index contributed by atoms with van der Waals surface area (Å²) >= 11 is 0. The number of carbonyl (C=O) groups is 2. The smallest absolute Gasteiger partial charge is 0.323 e. The van der Waals surface area contributed by atoms with Gasteiger partial charge in [0.05, 0.1) is 21.3 Å². The fourth-order valence-electron chi connectivity index (χ4n) is 3.58. The van der Waals surface area contributed by atoms with E-state index in [-0.39, 0.29) is 12.8 Å². The minimum absolute atomic E-state index is 0.0179. The number of aromatic hydroxyl groups is 1. The fraction of sp³-hybridized carbons (Fsp3) is 0.300. The zero-order valence-corrected chi connectivity index (χ0v) is 15.2. The van der Waals surface area contributed by atoms with Crippen LogP contribution in [0.2, 0.25) is 0 Å². The van der Waals surface area contributed by atoms with Crippen molar-refractivity contribution >= 4 is 11.9 Å². The maximum Gasteiger partial charge on any atom is 0.323 e. The van der Waals surface area contributed by atoms with Crippen molar-refractivity contribution in [2.24, 2.45) is 5.41 Å². The largest absolute Gasteiger partial charge is 0.505 e. The van der Waals surface area contributed by atoms with Crippen LogP contribution in [0, 0.1) is 11.2 Å². The number of halogens is 1. The number of hydrogen-bond donors (Lipinski definition) is 1. The van der Waals surface area contributed by atoms with Crippen molar-refractivity contribution in [2.75, 3.05) is 21.3 Å². The van der Waals surface area contributed by atoms with E-state index >= 15 is 0 Å². The number of rotatable bonds is 3. The van der Waals surface area contributed by atoms with Gasteiger partial charge in [-0.25, -0.2) is 4.39 Å². The van der Waals surface area contributed by atoms with Crippen molar-refractivity contribution in [1.29, 1.82) is 0 Å². The van der Waals surface area contributed by atoms with E-state index in [1.165, 1.54) is 33.5 Å². The highest BCUT2D eigenvalue weighted by molar-refractivity contribution is 6.01. The number of esters is 2. The van der Waals surface area contributed by atoms with Gasteiger partial charge < -0.3 is 19.3 Å². The van der Waals surface area contributed by atoms with Crippen LogP contribution in [-0.4, -0.2) is 38.4 Å². The highest BCUT2D eigenvalue weighted by atomic mass is 19.1. The Bertz CT molecular complexity index is 905. The first-order valence-electron chi connectivity index (χ1n) is 8.21. The van der Waals surface area contributed by atoms with Gasteiger partial charge >= 0.3 is 11.9 Å². The van der Waals surface area contributed by atoms with E-state index in [9.17, 15) is 19.1 Å². The maximum absolute atomic E-state index is 14.1. The second-order valence-corrected chi connectivity index (χ2v) is 6.40. The zero-order chi connectivity index (χ0) is 19.8. The molecule has 0 fully saturated rings. The number of phenols is 1. The molecule has 0 radical (unpaired) electrons. The molecule has 1 aliphatic rings. The van der Waals surface area contributed by atoms with E-state index < -0.39 is 28.9 Å². The Morgan fingerprint density at radius 1 is 0.963 bits per heavy atom. The van der Waals surface area contributed by atoms with Crippen molar-refractivity contribution in [3.8, 4) is 22.6 Å². The molecule has 0 saturated heterocycles. The second-order valence-electron chi connectivity index (χ2n) is 6.40. The lowest BCUT2D eigenvalue weighted by Crippen LogP contribution is -2.44. The number of phenolic OH excluding ortho intramolecular Hbond substituents is 1. The molecule has 0 saturated carbocycles. The minimum Gasteiger partial charge on any atom is -0.505 e. The lowest BCUT2D eigenvalue weighted by atomic mass is 9.77. The molecule has 0 aromatic heterocycles. The summed E-state index contributed by atoms with van der Waals surface area (Å²) in [6.45, 7) is 0. The third kappa shape index (κ3) is 2.99. The Labute approximate surface area is 155 Å². The van der Waals surface area contributed by atoms with Gasteiger partial charge in [0.1, 0.15) is 5.75 Å². The van der Waals surface area contributed by atoms with Crippen LogP contribution in [-0.2, 0) is 31.9 Å². The lowest BCUT2D eigenvalue weighted by molar-refractivity contribution is -0.169. The monoisotopic (exact) mass is 374 g/mol. The van der Waals surface area contributed by atoms with Gasteiger partial charge in [0, 0.05) is 12.8 Å². The zero-order valence-electron chi connectivity index (χ0n) is 15.2. The number of benzene rings is 2. The molecule has 6 nitrogen and oxygen atoms in total. The van der Waals surface area contributed by atoms with Crippen molar-refractivity contribution in [2.45, 2.75) is 12.8 Å². The summed E-state index contributed by atoms with van der Waals surface area (Å²) in [7, 11) is 3.87. The summed E-state index contributed by atoms with van der Waals surface area (Å²) in [5.74, 6) is -2.35. The van der Waals surface area contributed by atoms with Crippen LogP contribution >= 0.6 is 0 Å². The Morgan fingerprint density at radius 3 is 2.11 bits per heavy atom. The number of methoxy groups -OCH3 is 3. The SMILES string of the molecule is COC(=O)C1(C(=O)OC)Cc2cc(OC)ccc2-c2cc(F)c(O)cc2C1. The molecular weight excluding hydrogens is 355 g/mol.